The zero-order chi connectivity index (χ0) is 22.8. The highest BCUT2D eigenvalue weighted by Gasteiger charge is 2.23. The summed E-state index contributed by atoms with van der Waals surface area (Å²) in [7, 11) is 0. The number of aryl methyl sites for hydroxylation is 1. The van der Waals surface area contributed by atoms with Gasteiger partial charge in [-0.15, -0.1) is 0 Å². The Kier molecular flexibility index (Phi) is 6.26. The molecule has 3 heterocycles. The van der Waals surface area contributed by atoms with Crippen LogP contribution in [-0.4, -0.2) is 34.3 Å². The van der Waals surface area contributed by atoms with Crippen molar-refractivity contribution in [2.45, 2.75) is 38.6 Å². The molecule has 8 heteroatoms. The molecule has 4 rings (SSSR count). The van der Waals surface area contributed by atoms with E-state index in [4.69, 9.17) is 16.3 Å². The molecule has 0 radical (unpaired) electrons. The van der Waals surface area contributed by atoms with Crippen LogP contribution < -0.4 is 5.32 Å². The molecule has 0 spiro atoms. The zero-order valence-corrected chi connectivity index (χ0v) is 18.6. The molecule has 0 saturated carbocycles. The molecule has 2 aromatic heterocycles. The third-order valence-corrected chi connectivity index (χ3v) is 5.96. The average molecular weight is 451 g/mol. The highest BCUT2D eigenvalue weighted by molar-refractivity contribution is 6.29. The molecule has 0 aliphatic carbocycles. The fraction of sp³-hybridized carbons (Fsp3) is 0.333. The number of carboxylic acid groups (broad SMARTS) is 1. The average Bonchev–Trinajstić information content (AvgIpc) is 2.79. The summed E-state index contributed by atoms with van der Waals surface area (Å²) >= 11 is 5.89. The third kappa shape index (κ3) is 4.38. The summed E-state index contributed by atoms with van der Waals surface area (Å²) in [6.07, 6.45) is 1.91. The Morgan fingerprint density at radius 2 is 2.16 bits per heavy atom. The van der Waals surface area contributed by atoms with Gasteiger partial charge in [0.15, 0.2) is 5.69 Å². The molecular formula is C24H23ClN4O3. The van der Waals surface area contributed by atoms with Gasteiger partial charge in [-0.2, -0.15) is 5.26 Å². The summed E-state index contributed by atoms with van der Waals surface area (Å²) in [5, 5.41) is 23.5. The van der Waals surface area contributed by atoms with Crippen LogP contribution in [0.5, 0.6) is 0 Å². The summed E-state index contributed by atoms with van der Waals surface area (Å²) in [6, 6.07) is 11.2. The smallest absolute Gasteiger partial charge is 0.356 e. The third-order valence-electron chi connectivity index (χ3n) is 5.75. The van der Waals surface area contributed by atoms with Crippen molar-refractivity contribution >= 4 is 34.2 Å². The SMILES string of the molecule is Cc1cc([C@@H](C)Nc2ccc(Cl)nc2C(=O)O)c2cc([C@@H]3CCCOC3)c(C#N)nc2c1. The number of anilines is 1. The lowest BCUT2D eigenvalue weighted by atomic mass is 9.89. The van der Waals surface area contributed by atoms with Gasteiger partial charge in [0, 0.05) is 24.0 Å². The summed E-state index contributed by atoms with van der Waals surface area (Å²) in [4.78, 5) is 20.2. The van der Waals surface area contributed by atoms with Gasteiger partial charge in [-0.05, 0) is 67.6 Å². The number of nitriles is 1. The number of fused-ring (bicyclic) bond motifs is 1. The first-order valence-electron chi connectivity index (χ1n) is 10.5. The molecule has 164 valence electrons. The number of carbonyl (C=O) groups is 1. The van der Waals surface area contributed by atoms with E-state index in [0.717, 1.165) is 47.0 Å². The second-order valence-corrected chi connectivity index (χ2v) is 8.46. The molecule has 1 aliphatic heterocycles. The van der Waals surface area contributed by atoms with E-state index in [1.807, 2.05) is 26.0 Å². The van der Waals surface area contributed by atoms with Crippen LogP contribution in [0.2, 0.25) is 5.15 Å². The number of hydrogen-bond donors (Lipinski definition) is 2. The molecule has 32 heavy (non-hydrogen) atoms. The molecule has 2 atom stereocenters. The molecule has 3 aromatic rings. The quantitative estimate of drug-likeness (QED) is 0.512. The van der Waals surface area contributed by atoms with E-state index >= 15 is 0 Å². The Labute approximate surface area is 191 Å². The van der Waals surface area contributed by atoms with Crippen LogP contribution in [0.25, 0.3) is 10.9 Å². The highest BCUT2D eigenvalue weighted by atomic mass is 35.5. The van der Waals surface area contributed by atoms with Crippen molar-refractivity contribution < 1.29 is 14.6 Å². The number of aromatic carboxylic acids is 1. The second kappa shape index (κ2) is 9.11. The van der Waals surface area contributed by atoms with E-state index in [1.165, 1.54) is 0 Å². The Balaban J connectivity index is 1.80. The summed E-state index contributed by atoms with van der Waals surface area (Å²) < 4.78 is 5.65. The van der Waals surface area contributed by atoms with Crippen molar-refractivity contribution in [3.8, 4) is 6.07 Å². The Morgan fingerprint density at radius 3 is 2.84 bits per heavy atom. The highest BCUT2D eigenvalue weighted by Crippen LogP contribution is 2.34. The minimum Gasteiger partial charge on any atom is -0.476 e. The number of carboxylic acids is 1. The van der Waals surface area contributed by atoms with Gasteiger partial charge in [0.1, 0.15) is 16.9 Å². The van der Waals surface area contributed by atoms with Gasteiger partial charge >= 0.3 is 5.97 Å². The molecule has 2 N–H and O–H groups in total. The number of halogens is 1. The first-order valence-corrected chi connectivity index (χ1v) is 10.8. The topological polar surface area (TPSA) is 108 Å². The largest absolute Gasteiger partial charge is 0.476 e. The van der Waals surface area contributed by atoms with Gasteiger partial charge in [0.05, 0.1) is 17.8 Å². The normalized spacial score (nSPS) is 17.0. The molecule has 1 fully saturated rings. The Hall–Kier alpha value is -3.21. The number of nitrogens with one attached hydrogen (secondary N) is 1. The predicted octanol–water partition coefficient (Wildman–Crippen LogP) is 5.23. The van der Waals surface area contributed by atoms with Crippen LogP contribution in [0.15, 0.2) is 30.3 Å². The van der Waals surface area contributed by atoms with Crippen LogP contribution in [0.3, 0.4) is 0 Å². The summed E-state index contributed by atoms with van der Waals surface area (Å²) in [6.45, 7) is 5.25. The van der Waals surface area contributed by atoms with Crippen molar-refractivity contribution in [1.29, 1.82) is 5.26 Å². The standard InChI is InChI=1S/C24H23ClN4O3/c1-13-8-16(14(2)27-19-5-6-22(25)29-23(19)24(30)31)18-10-17(15-4-3-7-32-12-15)21(11-26)28-20(18)9-13/h5-6,8-10,14-15,27H,3-4,7,12H2,1-2H3,(H,30,31)/t14-,15-/m1/s1. The number of hydrogen-bond acceptors (Lipinski definition) is 6. The zero-order valence-electron chi connectivity index (χ0n) is 17.9. The number of ether oxygens (including phenoxy) is 1. The Bertz CT molecular complexity index is 1230. The maximum Gasteiger partial charge on any atom is 0.356 e. The maximum atomic E-state index is 11.6. The minimum atomic E-state index is -1.16. The van der Waals surface area contributed by atoms with Gasteiger partial charge in [-0.1, -0.05) is 17.7 Å². The second-order valence-electron chi connectivity index (χ2n) is 8.07. The van der Waals surface area contributed by atoms with Gasteiger partial charge in [0.2, 0.25) is 0 Å². The van der Waals surface area contributed by atoms with Crippen LogP contribution >= 0.6 is 11.6 Å². The number of rotatable bonds is 5. The number of nitrogens with zero attached hydrogens (tertiary/aromatic N) is 3. The van der Waals surface area contributed by atoms with Crippen molar-refractivity contribution in [2.24, 2.45) is 0 Å². The lowest BCUT2D eigenvalue weighted by Gasteiger charge is -2.24. The number of pyridine rings is 2. The molecule has 0 unspecified atom stereocenters. The number of aromatic nitrogens is 2. The van der Waals surface area contributed by atoms with Crippen LogP contribution in [0.1, 0.15) is 64.6 Å². The maximum absolute atomic E-state index is 11.6. The van der Waals surface area contributed by atoms with Crippen molar-refractivity contribution in [1.82, 2.24) is 9.97 Å². The molecule has 7 nitrogen and oxygen atoms in total. The lowest BCUT2D eigenvalue weighted by molar-refractivity contribution is 0.0691. The van der Waals surface area contributed by atoms with Crippen LogP contribution in [-0.2, 0) is 4.74 Å². The summed E-state index contributed by atoms with van der Waals surface area (Å²) in [5.41, 5.74) is 4.27. The van der Waals surface area contributed by atoms with E-state index < -0.39 is 5.97 Å². The van der Waals surface area contributed by atoms with Crippen LogP contribution in [0, 0.1) is 18.3 Å². The van der Waals surface area contributed by atoms with E-state index in [1.54, 1.807) is 12.1 Å². The molecule has 0 bridgehead atoms. The molecule has 1 aromatic carbocycles. The van der Waals surface area contributed by atoms with Crippen molar-refractivity contribution in [3.05, 3.63) is 63.6 Å². The minimum absolute atomic E-state index is 0.120. The fourth-order valence-electron chi connectivity index (χ4n) is 4.24. The van der Waals surface area contributed by atoms with Crippen LogP contribution in [0.4, 0.5) is 5.69 Å². The lowest BCUT2D eigenvalue weighted by Crippen LogP contribution is -2.17. The molecular weight excluding hydrogens is 428 g/mol. The van der Waals surface area contributed by atoms with E-state index in [0.29, 0.717) is 18.0 Å². The predicted molar refractivity (Wildman–Crippen MR) is 122 cm³/mol. The van der Waals surface area contributed by atoms with Gasteiger partial charge in [-0.25, -0.2) is 14.8 Å². The molecule has 0 amide bonds. The monoisotopic (exact) mass is 450 g/mol. The van der Waals surface area contributed by atoms with E-state index in [9.17, 15) is 15.2 Å². The van der Waals surface area contributed by atoms with Gasteiger partial charge in [-0.3, -0.25) is 0 Å². The van der Waals surface area contributed by atoms with E-state index in [2.05, 4.69) is 27.4 Å². The van der Waals surface area contributed by atoms with Crippen molar-refractivity contribution in [2.75, 3.05) is 18.5 Å². The first-order chi connectivity index (χ1) is 15.4. The first kappa shape index (κ1) is 22.0. The summed E-state index contributed by atoms with van der Waals surface area (Å²) in [5.74, 6) is -1.02. The Morgan fingerprint density at radius 1 is 1.34 bits per heavy atom. The fourth-order valence-corrected chi connectivity index (χ4v) is 4.38. The molecule has 1 aliphatic rings. The van der Waals surface area contributed by atoms with Gasteiger partial charge < -0.3 is 15.2 Å². The molecule has 1 saturated heterocycles. The number of benzene rings is 1. The van der Waals surface area contributed by atoms with Crippen molar-refractivity contribution in [3.63, 3.8) is 0 Å². The van der Waals surface area contributed by atoms with E-state index in [-0.39, 0.29) is 22.8 Å². The van der Waals surface area contributed by atoms with Gasteiger partial charge in [0.25, 0.3) is 0 Å².